The van der Waals surface area contributed by atoms with E-state index in [0.717, 1.165) is 11.1 Å². The average molecular weight is 436 g/mol. The molecule has 3 rings (SSSR count). The number of carbonyl (C=O) groups is 1. The molecule has 0 aliphatic carbocycles. The number of nitrogens with zero attached hydrogens (tertiary/aromatic N) is 2. The third kappa shape index (κ3) is 5.70. The monoisotopic (exact) mass is 435 g/mol. The molecule has 2 aromatic carbocycles. The van der Waals surface area contributed by atoms with Gasteiger partial charge in [-0.25, -0.2) is 0 Å². The van der Waals surface area contributed by atoms with Crippen LogP contribution in [0.25, 0.3) is 0 Å². The standard InChI is InChI=1S/C21H20ClF2N3O3/c1-29-18-7-6-14(10-19(18)30-21(23)24)8-9-25-20(28)16-11-26-27(13-16)12-15-4-2-3-5-17(15)22/h2-7,10-11,13,21H,8-9,12H2,1H3,(H,25,28). The number of alkyl halides is 2. The number of ether oxygens (including phenoxy) is 2. The third-order valence-corrected chi connectivity index (χ3v) is 4.70. The molecule has 0 unspecified atom stereocenters. The molecular formula is C21H20ClF2N3O3. The molecule has 0 radical (unpaired) electrons. The SMILES string of the molecule is COc1ccc(CCNC(=O)c2cnn(Cc3ccccc3Cl)c2)cc1OC(F)F. The van der Waals surface area contributed by atoms with Gasteiger partial charge in [-0.1, -0.05) is 35.9 Å². The van der Waals surface area contributed by atoms with E-state index >= 15 is 0 Å². The van der Waals surface area contributed by atoms with E-state index in [-0.39, 0.29) is 17.4 Å². The van der Waals surface area contributed by atoms with Crippen molar-refractivity contribution in [2.75, 3.05) is 13.7 Å². The Morgan fingerprint density at radius 3 is 2.77 bits per heavy atom. The molecule has 0 aliphatic rings. The molecule has 9 heteroatoms. The summed E-state index contributed by atoms with van der Waals surface area (Å²) in [7, 11) is 1.37. The molecule has 30 heavy (non-hydrogen) atoms. The number of hydrogen-bond acceptors (Lipinski definition) is 4. The smallest absolute Gasteiger partial charge is 0.387 e. The summed E-state index contributed by atoms with van der Waals surface area (Å²) in [4.78, 5) is 12.3. The molecular weight excluding hydrogens is 416 g/mol. The molecule has 158 valence electrons. The van der Waals surface area contributed by atoms with Gasteiger partial charge in [-0.05, 0) is 35.7 Å². The van der Waals surface area contributed by atoms with E-state index in [1.54, 1.807) is 29.1 Å². The minimum Gasteiger partial charge on any atom is -0.493 e. The van der Waals surface area contributed by atoms with Crippen molar-refractivity contribution in [2.45, 2.75) is 19.6 Å². The molecule has 0 spiro atoms. The van der Waals surface area contributed by atoms with Crippen LogP contribution in [0.15, 0.2) is 54.9 Å². The van der Waals surface area contributed by atoms with Crippen LogP contribution < -0.4 is 14.8 Å². The van der Waals surface area contributed by atoms with Gasteiger partial charge in [-0.2, -0.15) is 13.9 Å². The van der Waals surface area contributed by atoms with Gasteiger partial charge in [0.15, 0.2) is 11.5 Å². The van der Waals surface area contributed by atoms with E-state index < -0.39 is 6.61 Å². The summed E-state index contributed by atoms with van der Waals surface area (Å²) in [5, 5.41) is 7.61. The molecule has 0 aliphatic heterocycles. The number of aromatic nitrogens is 2. The zero-order valence-corrected chi connectivity index (χ0v) is 16.9. The molecule has 1 amide bonds. The fourth-order valence-corrected chi connectivity index (χ4v) is 3.05. The summed E-state index contributed by atoms with van der Waals surface area (Å²) in [5.74, 6) is -0.107. The Morgan fingerprint density at radius 2 is 2.03 bits per heavy atom. The van der Waals surface area contributed by atoms with Crippen LogP contribution >= 0.6 is 11.6 Å². The van der Waals surface area contributed by atoms with Crippen molar-refractivity contribution in [1.82, 2.24) is 15.1 Å². The summed E-state index contributed by atoms with van der Waals surface area (Å²) in [6.07, 6.45) is 3.55. The van der Waals surface area contributed by atoms with Crippen molar-refractivity contribution < 1.29 is 23.0 Å². The highest BCUT2D eigenvalue weighted by Gasteiger charge is 2.12. The fourth-order valence-electron chi connectivity index (χ4n) is 2.86. The molecule has 1 heterocycles. The first-order chi connectivity index (χ1) is 14.5. The van der Waals surface area contributed by atoms with Crippen LogP contribution in [-0.4, -0.2) is 36.0 Å². The maximum atomic E-state index is 12.5. The zero-order chi connectivity index (χ0) is 21.5. The summed E-state index contributed by atoms with van der Waals surface area (Å²) in [6, 6.07) is 12.2. The molecule has 0 bridgehead atoms. The lowest BCUT2D eigenvalue weighted by molar-refractivity contribution is -0.0512. The lowest BCUT2D eigenvalue weighted by Crippen LogP contribution is -2.25. The number of rotatable bonds is 9. The molecule has 0 fully saturated rings. The van der Waals surface area contributed by atoms with Gasteiger partial charge in [0.2, 0.25) is 0 Å². The van der Waals surface area contributed by atoms with Gasteiger partial charge in [0.1, 0.15) is 0 Å². The molecule has 0 atom stereocenters. The average Bonchev–Trinajstić information content (AvgIpc) is 3.18. The lowest BCUT2D eigenvalue weighted by Gasteiger charge is -2.11. The van der Waals surface area contributed by atoms with Crippen LogP contribution in [0.5, 0.6) is 11.5 Å². The Labute approximate surface area is 177 Å². The Kier molecular flexibility index (Phi) is 7.24. The second-order valence-corrected chi connectivity index (χ2v) is 6.79. The number of methoxy groups -OCH3 is 1. The molecule has 1 aromatic heterocycles. The van der Waals surface area contributed by atoms with E-state index in [2.05, 4.69) is 15.2 Å². The van der Waals surface area contributed by atoms with E-state index in [9.17, 15) is 13.6 Å². The highest BCUT2D eigenvalue weighted by Crippen LogP contribution is 2.29. The molecule has 3 aromatic rings. The second-order valence-electron chi connectivity index (χ2n) is 6.39. The highest BCUT2D eigenvalue weighted by atomic mass is 35.5. The van der Waals surface area contributed by atoms with Crippen LogP contribution in [0.4, 0.5) is 8.78 Å². The first-order valence-corrected chi connectivity index (χ1v) is 9.50. The van der Waals surface area contributed by atoms with Crippen molar-refractivity contribution in [3.8, 4) is 11.5 Å². The molecule has 0 saturated heterocycles. The number of carbonyl (C=O) groups excluding carboxylic acids is 1. The van der Waals surface area contributed by atoms with E-state index in [0.29, 0.717) is 30.1 Å². The summed E-state index contributed by atoms with van der Waals surface area (Å²) < 4.78 is 36.2. The second kappa shape index (κ2) is 10.1. The van der Waals surface area contributed by atoms with E-state index in [1.165, 1.54) is 19.4 Å². The molecule has 0 saturated carbocycles. The van der Waals surface area contributed by atoms with Crippen molar-refractivity contribution >= 4 is 17.5 Å². The quantitative estimate of drug-likeness (QED) is 0.548. The van der Waals surface area contributed by atoms with Crippen molar-refractivity contribution in [3.63, 3.8) is 0 Å². The van der Waals surface area contributed by atoms with Crippen LogP contribution in [0.1, 0.15) is 21.5 Å². The molecule has 1 N–H and O–H groups in total. The normalized spacial score (nSPS) is 10.8. The van der Waals surface area contributed by atoms with Gasteiger partial charge < -0.3 is 14.8 Å². The predicted molar refractivity (Wildman–Crippen MR) is 108 cm³/mol. The van der Waals surface area contributed by atoms with Crippen LogP contribution in [-0.2, 0) is 13.0 Å². The predicted octanol–water partition coefficient (Wildman–Crippen LogP) is 4.17. The first kappa shape index (κ1) is 21.6. The maximum absolute atomic E-state index is 12.5. The zero-order valence-electron chi connectivity index (χ0n) is 16.1. The minimum atomic E-state index is -2.95. The third-order valence-electron chi connectivity index (χ3n) is 4.33. The van der Waals surface area contributed by atoms with Gasteiger partial charge >= 0.3 is 6.61 Å². The van der Waals surface area contributed by atoms with Gasteiger partial charge in [-0.3, -0.25) is 9.48 Å². The Bertz CT molecular complexity index is 1010. The summed E-state index contributed by atoms with van der Waals surface area (Å²) in [6.45, 7) is -2.18. The number of benzene rings is 2. The van der Waals surface area contributed by atoms with E-state index in [1.807, 2.05) is 18.2 Å². The van der Waals surface area contributed by atoms with Crippen LogP contribution in [0.3, 0.4) is 0 Å². The van der Waals surface area contributed by atoms with Crippen LogP contribution in [0, 0.1) is 0 Å². The van der Waals surface area contributed by atoms with Crippen molar-refractivity contribution in [2.24, 2.45) is 0 Å². The summed E-state index contributed by atoms with van der Waals surface area (Å²) >= 11 is 6.15. The lowest BCUT2D eigenvalue weighted by atomic mass is 10.1. The van der Waals surface area contributed by atoms with Gasteiger partial charge in [0, 0.05) is 17.8 Å². The van der Waals surface area contributed by atoms with Crippen LogP contribution in [0.2, 0.25) is 5.02 Å². The molecule has 6 nitrogen and oxygen atoms in total. The summed E-state index contributed by atoms with van der Waals surface area (Å²) in [5.41, 5.74) is 2.04. The van der Waals surface area contributed by atoms with E-state index in [4.69, 9.17) is 16.3 Å². The van der Waals surface area contributed by atoms with Gasteiger partial charge in [0.05, 0.1) is 25.4 Å². The number of amides is 1. The number of hydrogen-bond donors (Lipinski definition) is 1. The fraction of sp³-hybridized carbons (Fsp3) is 0.238. The first-order valence-electron chi connectivity index (χ1n) is 9.12. The Hall–Kier alpha value is -3.13. The number of nitrogens with one attached hydrogen (secondary N) is 1. The van der Waals surface area contributed by atoms with Gasteiger partial charge in [-0.15, -0.1) is 0 Å². The minimum absolute atomic E-state index is 0.0443. The Morgan fingerprint density at radius 1 is 1.23 bits per heavy atom. The number of halogens is 3. The highest BCUT2D eigenvalue weighted by molar-refractivity contribution is 6.31. The van der Waals surface area contributed by atoms with Crippen molar-refractivity contribution in [1.29, 1.82) is 0 Å². The topological polar surface area (TPSA) is 65.4 Å². The Balaban J connectivity index is 1.55. The van der Waals surface area contributed by atoms with Gasteiger partial charge in [0.25, 0.3) is 5.91 Å². The van der Waals surface area contributed by atoms with Crippen molar-refractivity contribution in [3.05, 3.63) is 76.6 Å². The largest absolute Gasteiger partial charge is 0.493 e. The maximum Gasteiger partial charge on any atom is 0.387 e.